The lowest BCUT2D eigenvalue weighted by molar-refractivity contribution is 0.668. The number of thiophene rings is 2. The van der Waals surface area contributed by atoms with Crippen molar-refractivity contribution in [2.45, 2.75) is 0 Å². The highest BCUT2D eigenvalue weighted by Gasteiger charge is 2.19. The number of rotatable bonds is 4. The second kappa shape index (κ2) is 11.2. The summed E-state index contributed by atoms with van der Waals surface area (Å²) in [6.07, 6.45) is 1.66. The fourth-order valence-electron chi connectivity index (χ4n) is 7.67. The van der Waals surface area contributed by atoms with Crippen LogP contribution in [-0.2, 0) is 0 Å². The summed E-state index contributed by atoms with van der Waals surface area (Å²) in [5.41, 5.74) is 11.1. The molecule has 0 saturated heterocycles. The van der Waals surface area contributed by atoms with Gasteiger partial charge in [0.2, 0.25) is 0 Å². The summed E-state index contributed by atoms with van der Waals surface area (Å²) in [5.74, 6) is 0. The fraction of sp³-hybridized carbons (Fsp3) is 0. The second-order valence-corrected chi connectivity index (χ2v) is 15.0. The van der Waals surface area contributed by atoms with Crippen LogP contribution in [0.1, 0.15) is 0 Å². The van der Waals surface area contributed by atoms with Gasteiger partial charge in [-0.3, -0.25) is 0 Å². The molecule has 3 nitrogen and oxygen atoms in total. The molecule has 0 aliphatic carbocycles. The van der Waals surface area contributed by atoms with Gasteiger partial charge in [-0.15, -0.1) is 22.7 Å². The zero-order valence-corrected chi connectivity index (χ0v) is 28.8. The van der Waals surface area contributed by atoms with Crippen LogP contribution in [0.4, 0.5) is 0 Å². The zero-order valence-electron chi connectivity index (χ0n) is 27.1. The van der Waals surface area contributed by atoms with Crippen molar-refractivity contribution in [2.75, 3.05) is 0 Å². The van der Waals surface area contributed by atoms with E-state index in [9.17, 15) is 0 Å². The number of aromatic nitrogens is 2. The fourth-order valence-corrected chi connectivity index (χ4v) is 10.1. The van der Waals surface area contributed by atoms with E-state index in [1.807, 2.05) is 22.7 Å². The van der Waals surface area contributed by atoms with E-state index in [0.717, 1.165) is 44.4 Å². The molecule has 238 valence electrons. The first-order valence-electron chi connectivity index (χ1n) is 17.0. The average molecular weight is 687 g/mol. The highest BCUT2D eigenvalue weighted by molar-refractivity contribution is 7.26. The first kappa shape index (κ1) is 28.7. The van der Waals surface area contributed by atoms with Crippen molar-refractivity contribution in [3.8, 4) is 44.6 Å². The SMILES string of the molecule is c1cc(-c2cccc3c2oc2c(-c4cccc(-c5cccc6c5sc5ccccc56)c4)ncnc23)cc(-c2cccc3c2sc2ccccc23)c1. The Labute approximate surface area is 300 Å². The maximum absolute atomic E-state index is 6.81. The van der Waals surface area contributed by atoms with E-state index in [0.29, 0.717) is 5.58 Å². The lowest BCUT2D eigenvalue weighted by Crippen LogP contribution is -1.87. The van der Waals surface area contributed by atoms with Gasteiger partial charge in [0.05, 0.1) is 0 Å². The predicted octanol–water partition coefficient (Wildman–Crippen LogP) is 13.8. The zero-order chi connectivity index (χ0) is 33.5. The van der Waals surface area contributed by atoms with Crippen molar-refractivity contribution in [2.24, 2.45) is 0 Å². The minimum atomic E-state index is 0.698. The molecule has 4 aromatic heterocycles. The van der Waals surface area contributed by atoms with Gasteiger partial charge < -0.3 is 4.42 Å². The number of benzene rings is 7. The van der Waals surface area contributed by atoms with E-state index in [1.54, 1.807) is 6.33 Å². The van der Waals surface area contributed by atoms with Crippen LogP contribution >= 0.6 is 22.7 Å². The molecular formula is C46H26N2OS2. The van der Waals surface area contributed by atoms with Crippen molar-refractivity contribution >= 4 is 85.1 Å². The van der Waals surface area contributed by atoms with Crippen molar-refractivity contribution < 1.29 is 4.42 Å². The molecule has 4 heterocycles. The Balaban J connectivity index is 1.04. The maximum atomic E-state index is 6.81. The van der Waals surface area contributed by atoms with Crippen LogP contribution in [0.15, 0.2) is 162 Å². The van der Waals surface area contributed by atoms with Crippen LogP contribution in [0.5, 0.6) is 0 Å². The Morgan fingerprint density at radius 2 is 0.882 bits per heavy atom. The van der Waals surface area contributed by atoms with E-state index in [1.165, 1.54) is 57.0 Å². The van der Waals surface area contributed by atoms with Gasteiger partial charge in [-0.2, -0.15) is 0 Å². The molecule has 0 saturated carbocycles. The molecule has 0 N–H and O–H groups in total. The molecule has 0 aliphatic rings. The molecule has 0 unspecified atom stereocenters. The molecule has 11 rings (SSSR count). The minimum Gasteiger partial charge on any atom is -0.451 e. The molecule has 7 aromatic carbocycles. The van der Waals surface area contributed by atoms with E-state index in [-0.39, 0.29) is 0 Å². The molecule has 0 amide bonds. The summed E-state index contributed by atoms with van der Waals surface area (Å²) in [5, 5.41) is 6.18. The third-order valence-electron chi connectivity index (χ3n) is 10.0. The molecule has 0 fully saturated rings. The van der Waals surface area contributed by atoms with Crippen LogP contribution in [0.2, 0.25) is 0 Å². The summed E-state index contributed by atoms with van der Waals surface area (Å²) < 4.78 is 12.0. The first-order valence-corrected chi connectivity index (χ1v) is 18.6. The van der Waals surface area contributed by atoms with Crippen molar-refractivity contribution in [3.05, 3.63) is 158 Å². The Kier molecular flexibility index (Phi) is 6.29. The Morgan fingerprint density at radius 1 is 0.392 bits per heavy atom. The predicted molar refractivity (Wildman–Crippen MR) is 217 cm³/mol. The molecule has 0 radical (unpaired) electrons. The molecule has 0 spiro atoms. The summed E-state index contributed by atoms with van der Waals surface area (Å²) in [6.45, 7) is 0. The van der Waals surface area contributed by atoms with Crippen molar-refractivity contribution in [1.29, 1.82) is 0 Å². The lowest BCUT2D eigenvalue weighted by atomic mass is 9.97. The monoisotopic (exact) mass is 686 g/mol. The molecule has 11 aromatic rings. The molecule has 0 aliphatic heterocycles. The Morgan fingerprint density at radius 3 is 1.53 bits per heavy atom. The van der Waals surface area contributed by atoms with Gasteiger partial charge in [-0.05, 0) is 58.1 Å². The van der Waals surface area contributed by atoms with Gasteiger partial charge in [-0.25, -0.2) is 9.97 Å². The Bertz CT molecular complexity index is 2950. The lowest BCUT2D eigenvalue weighted by Gasteiger charge is -2.08. The summed E-state index contributed by atoms with van der Waals surface area (Å²) in [4.78, 5) is 9.56. The van der Waals surface area contributed by atoms with E-state index in [2.05, 4.69) is 152 Å². The minimum absolute atomic E-state index is 0.698. The molecular weight excluding hydrogens is 661 g/mol. The molecule has 0 bridgehead atoms. The first-order chi connectivity index (χ1) is 25.3. The topological polar surface area (TPSA) is 38.9 Å². The third-order valence-corrected chi connectivity index (χ3v) is 12.5. The van der Waals surface area contributed by atoms with Crippen LogP contribution in [0.25, 0.3) is 107 Å². The van der Waals surface area contributed by atoms with Gasteiger partial charge in [0.25, 0.3) is 0 Å². The number of hydrogen-bond acceptors (Lipinski definition) is 5. The quantitative estimate of drug-likeness (QED) is 0.185. The molecule has 5 heteroatoms. The van der Waals surface area contributed by atoms with E-state index < -0.39 is 0 Å². The highest BCUT2D eigenvalue weighted by Crippen LogP contribution is 2.44. The average Bonchev–Trinajstić information content (AvgIpc) is 3.89. The Hall–Kier alpha value is -6.14. The largest absolute Gasteiger partial charge is 0.451 e. The summed E-state index contributed by atoms with van der Waals surface area (Å²) in [6, 6.07) is 54.3. The molecule has 0 atom stereocenters. The van der Waals surface area contributed by atoms with Crippen molar-refractivity contribution in [3.63, 3.8) is 0 Å². The highest BCUT2D eigenvalue weighted by atomic mass is 32.1. The van der Waals surface area contributed by atoms with Gasteiger partial charge in [0, 0.05) is 56.9 Å². The van der Waals surface area contributed by atoms with Crippen LogP contribution < -0.4 is 0 Å². The summed E-state index contributed by atoms with van der Waals surface area (Å²) >= 11 is 3.70. The standard InChI is InChI=1S/C46H26N2OS2/c1-3-22-39-34(14-1)36-19-8-17-32(45(36)50-39)28-11-5-10-27(24-28)31-16-7-21-38-42-44(49-43(31)38)41(47-26-48-42)30-13-6-12-29(25-30)33-18-9-20-37-35-15-2-4-23-40(35)51-46(33)37/h1-26H. The summed E-state index contributed by atoms with van der Waals surface area (Å²) in [7, 11) is 0. The number of hydrogen-bond donors (Lipinski definition) is 0. The van der Waals surface area contributed by atoms with Crippen LogP contribution in [-0.4, -0.2) is 9.97 Å². The number of furan rings is 1. The third kappa shape index (κ3) is 4.42. The molecule has 51 heavy (non-hydrogen) atoms. The van der Waals surface area contributed by atoms with Crippen LogP contribution in [0, 0.1) is 0 Å². The number of para-hydroxylation sites is 1. The van der Waals surface area contributed by atoms with Gasteiger partial charge in [-0.1, -0.05) is 121 Å². The normalized spacial score (nSPS) is 11.9. The van der Waals surface area contributed by atoms with Gasteiger partial charge in [0.15, 0.2) is 5.58 Å². The smallest absolute Gasteiger partial charge is 0.180 e. The van der Waals surface area contributed by atoms with E-state index in [4.69, 9.17) is 14.4 Å². The van der Waals surface area contributed by atoms with Crippen molar-refractivity contribution in [1.82, 2.24) is 9.97 Å². The van der Waals surface area contributed by atoms with Crippen LogP contribution in [0.3, 0.4) is 0 Å². The van der Waals surface area contributed by atoms with E-state index >= 15 is 0 Å². The maximum Gasteiger partial charge on any atom is 0.180 e. The number of fused-ring (bicyclic) bond motifs is 9. The van der Waals surface area contributed by atoms with Gasteiger partial charge in [0.1, 0.15) is 23.1 Å². The number of nitrogens with zero attached hydrogens (tertiary/aromatic N) is 2. The second-order valence-electron chi connectivity index (χ2n) is 12.9. The van der Waals surface area contributed by atoms with Gasteiger partial charge >= 0.3 is 0 Å².